The highest BCUT2D eigenvalue weighted by Crippen LogP contribution is 2.40. The van der Waals surface area contributed by atoms with Gasteiger partial charge in [0.05, 0.1) is 69.6 Å². The van der Waals surface area contributed by atoms with Gasteiger partial charge in [0.2, 0.25) is 0 Å². The minimum absolute atomic E-state index is 0.313. The molecule has 4 aliphatic rings. The topological polar surface area (TPSA) is 113 Å². The molecule has 266 valence electrons. The number of benzene rings is 2. The maximum atomic E-state index is 12.2. The number of rotatable bonds is 12. The zero-order valence-corrected chi connectivity index (χ0v) is 29.6. The Morgan fingerprint density at radius 2 is 1.80 bits per heavy atom. The molecule has 11 nitrogen and oxygen atoms in total. The number of methoxy groups -OCH3 is 1. The largest absolute Gasteiger partial charge is 0.493 e. The van der Waals surface area contributed by atoms with Gasteiger partial charge in [-0.05, 0) is 63.0 Å². The van der Waals surface area contributed by atoms with Crippen LogP contribution in [0.25, 0.3) is 10.9 Å². The highest BCUT2D eigenvalue weighted by molar-refractivity contribution is 6.33. The van der Waals surface area contributed by atoms with Crippen LogP contribution in [0.2, 0.25) is 5.02 Å². The summed E-state index contributed by atoms with van der Waals surface area (Å²) in [6.45, 7) is 14.1. The smallest absolute Gasteiger partial charge is 0.319 e. The zero-order chi connectivity index (χ0) is 34.3. The van der Waals surface area contributed by atoms with Crippen LogP contribution in [-0.4, -0.2) is 95.5 Å². The van der Waals surface area contributed by atoms with Crippen LogP contribution < -0.4 is 24.8 Å². The van der Waals surface area contributed by atoms with Gasteiger partial charge in [0.25, 0.3) is 0 Å². The molecule has 0 unspecified atom stereocenters. The van der Waals surface area contributed by atoms with Crippen molar-refractivity contribution in [3.8, 4) is 23.0 Å². The maximum Gasteiger partial charge on any atom is 0.319 e. The van der Waals surface area contributed by atoms with Crippen molar-refractivity contribution >= 4 is 34.2 Å². The Morgan fingerprint density at radius 3 is 2.39 bits per heavy atom. The van der Waals surface area contributed by atoms with E-state index in [2.05, 4.69) is 34.4 Å². The molecule has 2 amide bonds. The fraction of sp³-hybridized carbons (Fsp3) is 0.568. The number of nitrogens with one attached hydrogen (secondary N) is 2. The van der Waals surface area contributed by atoms with Crippen LogP contribution in [0.5, 0.6) is 23.0 Å². The Morgan fingerprint density at radius 1 is 1.02 bits per heavy atom. The fourth-order valence-electron chi connectivity index (χ4n) is 6.14. The molecular weight excluding hydrogens is 648 g/mol. The van der Waals surface area contributed by atoms with E-state index in [1.54, 1.807) is 37.6 Å². The van der Waals surface area contributed by atoms with Crippen molar-refractivity contribution in [3.05, 3.63) is 47.6 Å². The highest BCUT2D eigenvalue weighted by atomic mass is 35.5. The van der Waals surface area contributed by atoms with Crippen LogP contribution in [-0.2, 0) is 14.2 Å². The number of anilines is 1. The van der Waals surface area contributed by atoms with Crippen molar-refractivity contribution in [3.63, 3.8) is 0 Å². The average molecular weight is 697 g/mol. The van der Waals surface area contributed by atoms with E-state index in [0.29, 0.717) is 76.8 Å². The second-order valence-corrected chi connectivity index (χ2v) is 14.4. The lowest BCUT2D eigenvalue weighted by atomic mass is 9.77. The van der Waals surface area contributed by atoms with Gasteiger partial charge in [0.15, 0.2) is 11.5 Å². The molecule has 4 saturated heterocycles. The third-order valence-corrected chi connectivity index (χ3v) is 10.3. The molecule has 3 aromatic rings. The Hall–Kier alpha value is -3.35. The quantitative estimate of drug-likeness (QED) is 0.198. The SMILES string of the molecule is CCC1(C)COC1.COc1cc2c(Oc3ccc(NC(=O)NCC4COC4)c(Cl)c3)ccnc2cc1OCCCN1CCC2(CC1)COC2. The molecule has 5 heterocycles. The van der Waals surface area contributed by atoms with Gasteiger partial charge in [0.1, 0.15) is 11.5 Å². The van der Waals surface area contributed by atoms with Crippen LogP contribution in [0.4, 0.5) is 10.5 Å². The number of likely N-dealkylation sites (tertiary alicyclic amines) is 1. The molecule has 1 spiro atoms. The van der Waals surface area contributed by atoms with Crippen molar-refractivity contribution < 1.29 is 33.2 Å². The first-order valence-electron chi connectivity index (χ1n) is 17.3. The maximum absolute atomic E-state index is 12.2. The lowest BCUT2D eigenvalue weighted by Crippen LogP contribution is -2.51. The summed E-state index contributed by atoms with van der Waals surface area (Å²) in [7, 11) is 1.63. The van der Waals surface area contributed by atoms with Crippen molar-refractivity contribution in [1.29, 1.82) is 0 Å². The van der Waals surface area contributed by atoms with E-state index in [9.17, 15) is 4.79 Å². The first kappa shape index (κ1) is 35.5. The summed E-state index contributed by atoms with van der Waals surface area (Å²) in [4.78, 5) is 19.3. The molecule has 1 aromatic heterocycles. The van der Waals surface area contributed by atoms with Gasteiger partial charge in [-0.1, -0.05) is 25.4 Å². The molecule has 2 aromatic carbocycles. The molecule has 4 aliphatic heterocycles. The number of ether oxygens (including phenoxy) is 6. The summed E-state index contributed by atoms with van der Waals surface area (Å²) in [5, 5.41) is 6.75. The molecule has 2 N–H and O–H groups in total. The molecule has 0 atom stereocenters. The number of amides is 2. The summed E-state index contributed by atoms with van der Waals surface area (Å²) in [6.07, 6.45) is 6.34. The van der Waals surface area contributed by atoms with Crippen molar-refractivity contribution in [1.82, 2.24) is 15.2 Å². The molecule has 7 rings (SSSR count). The van der Waals surface area contributed by atoms with Crippen LogP contribution in [0.15, 0.2) is 42.6 Å². The number of halogens is 1. The molecular formula is C37H49ClN4O7. The molecule has 4 fully saturated rings. The number of fused-ring (bicyclic) bond motifs is 1. The number of piperidine rings is 1. The van der Waals surface area contributed by atoms with Crippen molar-refractivity contribution in [2.24, 2.45) is 16.7 Å². The number of nitrogens with zero attached hydrogens (tertiary/aromatic N) is 2. The highest BCUT2D eigenvalue weighted by Gasteiger charge is 2.40. The number of carbonyl (C=O) groups excluding carboxylic acids is 1. The van der Waals surface area contributed by atoms with E-state index >= 15 is 0 Å². The molecule has 49 heavy (non-hydrogen) atoms. The van der Waals surface area contributed by atoms with E-state index in [-0.39, 0.29) is 6.03 Å². The first-order valence-corrected chi connectivity index (χ1v) is 17.7. The standard InChI is InChI=1S/C31H37ClN4O6.C6H12O/c1-38-28-14-23-26(15-29(28)41-12-2-9-36-10-6-31(7-11-36)19-40-20-31)33-8-5-27(23)42-22-3-4-25(24(32)13-22)35-30(37)34-16-21-17-39-18-21;1-3-6(2)4-7-5-6/h3-5,8,13-15,21H,2,6-7,9-12,16-20H2,1H3,(H2,34,35,37);3-5H2,1-2H3. The summed E-state index contributed by atoms with van der Waals surface area (Å²) in [5.41, 5.74) is 2.22. The number of hydrogen-bond donors (Lipinski definition) is 2. The second kappa shape index (κ2) is 16.1. The van der Waals surface area contributed by atoms with Gasteiger partial charge in [-0.25, -0.2) is 4.79 Å². The Kier molecular flexibility index (Phi) is 11.7. The van der Waals surface area contributed by atoms with Gasteiger partial charge in [-0.2, -0.15) is 0 Å². The number of aromatic nitrogens is 1. The molecule has 0 bridgehead atoms. The minimum atomic E-state index is -0.313. The summed E-state index contributed by atoms with van der Waals surface area (Å²) < 4.78 is 33.6. The number of carbonyl (C=O) groups is 1. The fourth-order valence-corrected chi connectivity index (χ4v) is 6.36. The van der Waals surface area contributed by atoms with E-state index in [4.69, 9.17) is 40.0 Å². The number of pyridine rings is 1. The number of hydrogen-bond acceptors (Lipinski definition) is 9. The van der Waals surface area contributed by atoms with Gasteiger partial charge in [-0.3, -0.25) is 4.98 Å². The molecule has 0 radical (unpaired) electrons. The Bertz CT molecular complexity index is 1560. The predicted octanol–water partition coefficient (Wildman–Crippen LogP) is 6.77. The monoisotopic (exact) mass is 696 g/mol. The minimum Gasteiger partial charge on any atom is -0.493 e. The average Bonchev–Trinajstić information content (AvgIpc) is 3.06. The third kappa shape index (κ3) is 9.07. The van der Waals surface area contributed by atoms with E-state index in [0.717, 1.165) is 63.4 Å². The summed E-state index contributed by atoms with van der Waals surface area (Å²) in [5.74, 6) is 2.75. The normalized spacial score (nSPS) is 19.4. The van der Waals surface area contributed by atoms with Crippen molar-refractivity contribution in [2.45, 2.75) is 39.5 Å². The molecule has 12 heteroatoms. The summed E-state index contributed by atoms with van der Waals surface area (Å²) in [6, 6.07) is 10.4. The van der Waals surface area contributed by atoms with Crippen LogP contribution in [0, 0.1) is 16.7 Å². The van der Waals surface area contributed by atoms with Gasteiger partial charge in [-0.15, -0.1) is 0 Å². The molecule has 0 aliphatic carbocycles. The third-order valence-electron chi connectivity index (χ3n) is 10.0. The lowest BCUT2D eigenvalue weighted by molar-refractivity contribution is -0.139. The number of urea groups is 1. The lowest BCUT2D eigenvalue weighted by Gasteiger charge is -2.47. The van der Waals surface area contributed by atoms with E-state index in [1.807, 2.05) is 12.1 Å². The van der Waals surface area contributed by atoms with Crippen molar-refractivity contribution in [2.75, 3.05) is 84.9 Å². The van der Waals surface area contributed by atoms with E-state index in [1.165, 1.54) is 19.3 Å². The van der Waals surface area contributed by atoms with Crippen LogP contribution in [0.3, 0.4) is 0 Å². The van der Waals surface area contributed by atoms with E-state index < -0.39 is 0 Å². The Labute approximate surface area is 293 Å². The molecule has 0 saturated carbocycles. The summed E-state index contributed by atoms with van der Waals surface area (Å²) >= 11 is 6.46. The van der Waals surface area contributed by atoms with Gasteiger partial charge >= 0.3 is 6.03 Å². The van der Waals surface area contributed by atoms with Crippen LogP contribution in [0.1, 0.15) is 39.5 Å². The first-order chi connectivity index (χ1) is 23.8. The van der Waals surface area contributed by atoms with Gasteiger partial charge in [0, 0.05) is 53.6 Å². The Balaban J connectivity index is 0.000000531. The van der Waals surface area contributed by atoms with Gasteiger partial charge < -0.3 is 44.0 Å². The predicted molar refractivity (Wildman–Crippen MR) is 189 cm³/mol. The zero-order valence-electron chi connectivity index (χ0n) is 28.9. The second-order valence-electron chi connectivity index (χ2n) is 14.0. The van der Waals surface area contributed by atoms with Crippen LogP contribution >= 0.6 is 11.6 Å².